The highest BCUT2D eigenvalue weighted by Crippen LogP contribution is 2.21. The van der Waals surface area contributed by atoms with Crippen LogP contribution in [0.1, 0.15) is 17.8 Å². The number of aryl methyl sites for hydroxylation is 1. The van der Waals surface area contributed by atoms with E-state index in [9.17, 15) is 8.78 Å². The second-order valence-electron chi connectivity index (χ2n) is 5.80. The Balaban J connectivity index is 1.54. The van der Waals surface area contributed by atoms with Gasteiger partial charge in [-0.05, 0) is 29.3 Å². The number of nitrogens with one attached hydrogen (secondary N) is 1. The van der Waals surface area contributed by atoms with E-state index in [1.54, 1.807) is 23.0 Å². The van der Waals surface area contributed by atoms with Crippen LogP contribution < -0.4 is 5.32 Å². The first-order valence-corrected chi connectivity index (χ1v) is 7.92. The fourth-order valence-electron chi connectivity index (χ4n) is 2.66. The third-order valence-electron chi connectivity index (χ3n) is 3.92. The zero-order valence-corrected chi connectivity index (χ0v) is 13.8. The van der Waals surface area contributed by atoms with Crippen molar-refractivity contribution in [1.82, 2.24) is 29.6 Å². The Morgan fingerprint density at radius 1 is 1.12 bits per heavy atom. The van der Waals surface area contributed by atoms with Crippen LogP contribution in [-0.2, 0) is 13.6 Å². The van der Waals surface area contributed by atoms with E-state index < -0.39 is 12.2 Å². The topological polar surface area (TPSA) is 72.9 Å². The van der Waals surface area contributed by atoms with Gasteiger partial charge >= 0.3 is 0 Å². The van der Waals surface area contributed by atoms with Gasteiger partial charge in [-0.1, -0.05) is 18.2 Å². The van der Waals surface area contributed by atoms with Crippen LogP contribution >= 0.6 is 0 Å². The summed E-state index contributed by atoms with van der Waals surface area (Å²) in [5.41, 5.74) is 3.40. The minimum absolute atomic E-state index is 0.282. The molecule has 1 aromatic carbocycles. The van der Waals surface area contributed by atoms with Crippen LogP contribution in [0.3, 0.4) is 0 Å². The zero-order chi connectivity index (χ0) is 18.1. The molecule has 0 saturated heterocycles. The van der Waals surface area contributed by atoms with Gasteiger partial charge < -0.3 is 5.32 Å². The molecule has 9 heteroatoms. The Kier molecular flexibility index (Phi) is 4.04. The van der Waals surface area contributed by atoms with Gasteiger partial charge in [0.25, 0.3) is 6.43 Å². The van der Waals surface area contributed by atoms with Crippen LogP contribution in [0.4, 0.5) is 14.6 Å². The molecule has 0 fully saturated rings. The highest BCUT2D eigenvalue weighted by Gasteiger charge is 2.16. The van der Waals surface area contributed by atoms with Crippen molar-refractivity contribution in [2.75, 3.05) is 5.32 Å². The standard InChI is InChI=1S/C17H15F2N7/c1-25-10-13(9-21-25)12-4-2-3-11(7-12)8-20-14-5-6-15-22-23-17(16(18)19)26(15)24-14/h2-7,9-10,16H,8H2,1H3,(H,20,24). The highest BCUT2D eigenvalue weighted by molar-refractivity contribution is 5.62. The molecular formula is C17H15F2N7. The van der Waals surface area contributed by atoms with E-state index in [0.29, 0.717) is 12.4 Å². The van der Waals surface area contributed by atoms with E-state index in [4.69, 9.17) is 0 Å². The van der Waals surface area contributed by atoms with E-state index in [1.165, 1.54) is 0 Å². The Labute approximate surface area is 147 Å². The molecule has 0 saturated carbocycles. The van der Waals surface area contributed by atoms with Crippen molar-refractivity contribution < 1.29 is 8.78 Å². The zero-order valence-electron chi connectivity index (χ0n) is 13.8. The first-order valence-electron chi connectivity index (χ1n) is 7.92. The number of anilines is 1. The lowest BCUT2D eigenvalue weighted by molar-refractivity contribution is 0.137. The molecule has 0 amide bonds. The molecule has 0 spiro atoms. The summed E-state index contributed by atoms with van der Waals surface area (Å²) >= 11 is 0. The van der Waals surface area contributed by atoms with Gasteiger partial charge in [-0.15, -0.1) is 15.3 Å². The number of halogens is 2. The van der Waals surface area contributed by atoms with Gasteiger partial charge in [0, 0.05) is 25.4 Å². The summed E-state index contributed by atoms with van der Waals surface area (Å²) in [5, 5.41) is 18.6. The Hall–Kier alpha value is -3.36. The number of alkyl halides is 2. The molecule has 0 radical (unpaired) electrons. The molecule has 0 bridgehead atoms. The monoisotopic (exact) mass is 355 g/mol. The molecule has 4 aromatic rings. The number of hydrogen-bond donors (Lipinski definition) is 1. The van der Waals surface area contributed by atoms with Gasteiger partial charge in [-0.2, -0.15) is 9.61 Å². The van der Waals surface area contributed by atoms with E-state index in [1.807, 2.05) is 37.5 Å². The summed E-state index contributed by atoms with van der Waals surface area (Å²) in [6.45, 7) is 0.499. The van der Waals surface area contributed by atoms with Gasteiger partial charge in [0.2, 0.25) is 5.82 Å². The van der Waals surface area contributed by atoms with E-state index in [2.05, 4.69) is 25.7 Å². The molecule has 0 aliphatic heterocycles. The average Bonchev–Trinajstić information content (AvgIpc) is 3.26. The minimum atomic E-state index is -2.73. The molecule has 3 aromatic heterocycles. The normalized spacial score (nSPS) is 11.4. The molecule has 4 rings (SSSR count). The smallest absolute Gasteiger partial charge is 0.299 e. The van der Waals surface area contributed by atoms with E-state index >= 15 is 0 Å². The molecule has 132 valence electrons. The number of fused-ring (bicyclic) bond motifs is 1. The summed E-state index contributed by atoms with van der Waals surface area (Å²) in [4.78, 5) is 0. The number of nitrogens with zero attached hydrogens (tertiary/aromatic N) is 6. The van der Waals surface area contributed by atoms with Crippen LogP contribution in [0, 0.1) is 0 Å². The van der Waals surface area contributed by atoms with Crippen molar-refractivity contribution in [2.24, 2.45) is 7.05 Å². The summed E-state index contributed by atoms with van der Waals surface area (Å²) in [6.07, 6.45) is 1.02. The van der Waals surface area contributed by atoms with Gasteiger partial charge in [-0.3, -0.25) is 4.68 Å². The lowest BCUT2D eigenvalue weighted by Crippen LogP contribution is -2.06. The molecule has 3 heterocycles. The molecule has 0 atom stereocenters. The second-order valence-corrected chi connectivity index (χ2v) is 5.80. The average molecular weight is 355 g/mol. The Bertz CT molecular complexity index is 1050. The first-order chi connectivity index (χ1) is 12.6. The quantitative estimate of drug-likeness (QED) is 0.596. The third-order valence-corrected chi connectivity index (χ3v) is 3.92. The minimum Gasteiger partial charge on any atom is -0.365 e. The van der Waals surface area contributed by atoms with Crippen LogP contribution in [0.25, 0.3) is 16.8 Å². The Morgan fingerprint density at radius 3 is 2.77 bits per heavy atom. The van der Waals surface area contributed by atoms with E-state index in [-0.39, 0.29) is 5.65 Å². The summed E-state index contributed by atoms with van der Waals surface area (Å²) < 4.78 is 28.7. The fourth-order valence-corrected chi connectivity index (χ4v) is 2.66. The first kappa shape index (κ1) is 16.1. The lowest BCUT2D eigenvalue weighted by Gasteiger charge is -2.08. The molecule has 7 nitrogen and oxygen atoms in total. The third kappa shape index (κ3) is 3.10. The molecule has 0 aliphatic carbocycles. The van der Waals surface area contributed by atoms with Crippen molar-refractivity contribution in [1.29, 1.82) is 0 Å². The highest BCUT2D eigenvalue weighted by atomic mass is 19.3. The molecule has 0 unspecified atom stereocenters. The number of benzene rings is 1. The van der Waals surface area contributed by atoms with Crippen molar-refractivity contribution in [3.63, 3.8) is 0 Å². The van der Waals surface area contributed by atoms with Crippen LogP contribution in [0.5, 0.6) is 0 Å². The van der Waals surface area contributed by atoms with E-state index in [0.717, 1.165) is 21.2 Å². The van der Waals surface area contributed by atoms with Crippen LogP contribution in [0.2, 0.25) is 0 Å². The van der Waals surface area contributed by atoms with Gasteiger partial charge in [0.05, 0.1) is 6.20 Å². The second kappa shape index (κ2) is 6.51. The maximum absolute atomic E-state index is 12.9. The molecule has 0 aliphatic rings. The predicted octanol–water partition coefficient (Wildman–Crippen LogP) is 3.07. The van der Waals surface area contributed by atoms with Gasteiger partial charge in [-0.25, -0.2) is 8.78 Å². The lowest BCUT2D eigenvalue weighted by atomic mass is 10.1. The van der Waals surface area contributed by atoms with Crippen molar-refractivity contribution >= 4 is 11.5 Å². The molecule has 1 N–H and O–H groups in total. The number of hydrogen-bond acceptors (Lipinski definition) is 5. The van der Waals surface area contributed by atoms with Crippen molar-refractivity contribution in [2.45, 2.75) is 13.0 Å². The molecular weight excluding hydrogens is 340 g/mol. The molecule has 26 heavy (non-hydrogen) atoms. The summed E-state index contributed by atoms with van der Waals surface area (Å²) in [5.74, 6) is -0.00629. The van der Waals surface area contributed by atoms with Gasteiger partial charge in [0.15, 0.2) is 5.65 Å². The largest absolute Gasteiger partial charge is 0.365 e. The summed E-state index contributed by atoms with van der Waals surface area (Å²) in [7, 11) is 1.87. The maximum Gasteiger partial charge on any atom is 0.299 e. The summed E-state index contributed by atoms with van der Waals surface area (Å²) in [6, 6.07) is 11.3. The number of aromatic nitrogens is 6. The maximum atomic E-state index is 12.9. The van der Waals surface area contributed by atoms with Gasteiger partial charge in [0.1, 0.15) is 5.82 Å². The predicted molar refractivity (Wildman–Crippen MR) is 91.7 cm³/mol. The Morgan fingerprint density at radius 2 is 2.00 bits per heavy atom. The van der Waals surface area contributed by atoms with Crippen LogP contribution in [0.15, 0.2) is 48.8 Å². The van der Waals surface area contributed by atoms with Crippen LogP contribution in [-0.4, -0.2) is 29.6 Å². The SMILES string of the molecule is Cn1cc(-c2cccc(CNc3ccc4nnc(C(F)F)n4n3)c2)cn1. The number of rotatable bonds is 5. The van der Waals surface area contributed by atoms with Crippen molar-refractivity contribution in [3.8, 4) is 11.1 Å². The fraction of sp³-hybridized carbons (Fsp3) is 0.176. The van der Waals surface area contributed by atoms with Crippen molar-refractivity contribution in [3.05, 3.63) is 60.2 Å².